The number of alkyl halides is 3. The van der Waals surface area contributed by atoms with E-state index >= 15 is 0 Å². The third-order valence-corrected chi connectivity index (χ3v) is 6.67. The van der Waals surface area contributed by atoms with E-state index in [0.29, 0.717) is 11.1 Å². The van der Waals surface area contributed by atoms with Crippen molar-refractivity contribution in [2.24, 2.45) is 0 Å². The second kappa shape index (κ2) is 10.2. The van der Waals surface area contributed by atoms with Gasteiger partial charge in [0, 0.05) is 25.1 Å². The van der Waals surface area contributed by atoms with Crippen LogP contribution in [0.1, 0.15) is 45.6 Å². The van der Waals surface area contributed by atoms with Gasteiger partial charge in [-0.15, -0.1) is 0 Å². The van der Waals surface area contributed by atoms with Crippen molar-refractivity contribution < 1.29 is 36.3 Å². The summed E-state index contributed by atoms with van der Waals surface area (Å²) in [5, 5.41) is 3.87. The van der Waals surface area contributed by atoms with Crippen LogP contribution in [-0.2, 0) is 31.5 Å². The molecule has 7 nitrogen and oxygen atoms in total. The van der Waals surface area contributed by atoms with Crippen molar-refractivity contribution >= 4 is 13.3 Å². The predicted molar refractivity (Wildman–Crippen MR) is 113 cm³/mol. The van der Waals surface area contributed by atoms with Crippen LogP contribution in [-0.4, -0.2) is 46.8 Å². The van der Waals surface area contributed by atoms with Crippen LogP contribution >= 0.6 is 7.37 Å². The van der Waals surface area contributed by atoms with Gasteiger partial charge in [-0.05, 0) is 39.7 Å². The summed E-state index contributed by atoms with van der Waals surface area (Å²) in [6.07, 6.45) is -5.38. The monoisotopic (exact) mass is 476 g/mol. The van der Waals surface area contributed by atoms with Gasteiger partial charge in [-0.2, -0.15) is 18.2 Å². The number of nitrogens with zero attached hydrogens (tertiary/aromatic N) is 2. The second-order valence-electron chi connectivity index (χ2n) is 8.40. The minimum atomic E-state index is -4.22. The number of carbonyl (C=O) groups excluding carboxylic acids is 1. The molecule has 0 aliphatic carbocycles. The average molecular weight is 476 g/mol. The number of esters is 1. The fourth-order valence-electron chi connectivity index (χ4n) is 2.88. The maximum Gasteiger partial charge on any atom is 0.389 e. The van der Waals surface area contributed by atoms with Crippen LogP contribution in [0, 0.1) is 0 Å². The maximum atomic E-state index is 13.0. The molecular formula is C21H28F3N2O5P. The van der Waals surface area contributed by atoms with Gasteiger partial charge in [0.15, 0.2) is 0 Å². The van der Waals surface area contributed by atoms with E-state index < -0.39 is 37.2 Å². The molecule has 0 aliphatic heterocycles. The topological polar surface area (TPSA) is 91.5 Å². The predicted octanol–water partition coefficient (Wildman–Crippen LogP) is 5.43. The van der Waals surface area contributed by atoms with Crippen LogP contribution in [0.5, 0.6) is 0 Å². The molecule has 0 fully saturated rings. The normalized spacial score (nSPS) is 15.2. The van der Waals surface area contributed by atoms with Gasteiger partial charge in [-0.25, -0.2) is 0 Å². The van der Waals surface area contributed by atoms with E-state index in [4.69, 9.17) is 13.8 Å². The van der Waals surface area contributed by atoms with Gasteiger partial charge in [-0.1, -0.05) is 29.4 Å². The SMILES string of the molecule is CCOP(C)(=O)C(Cc1nc(-c2ccc(CCC(F)(F)F)cc2)no1)C(=O)OC(C)(C)C. The zero-order valence-corrected chi connectivity index (χ0v) is 19.6. The Morgan fingerprint density at radius 1 is 1.19 bits per heavy atom. The molecule has 1 aromatic carbocycles. The van der Waals surface area contributed by atoms with E-state index in [-0.39, 0.29) is 31.2 Å². The van der Waals surface area contributed by atoms with Gasteiger partial charge in [-0.3, -0.25) is 9.36 Å². The molecule has 0 radical (unpaired) electrons. The molecule has 178 valence electrons. The Morgan fingerprint density at radius 2 is 1.81 bits per heavy atom. The highest BCUT2D eigenvalue weighted by Crippen LogP contribution is 2.50. The molecule has 2 aromatic rings. The van der Waals surface area contributed by atoms with Crippen LogP contribution in [0.3, 0.4) is 0 Å². The average Bonchev–Trinajstić information content (AvgIpc) is 3.11. The van der Waals surface area contributed by atoms with Crippen molar-refractivity contribution in [1.82, 2.24) is 10.1 Å². The summed E-state index contributed by atoms with van der Waals surface area (Å²) in [5.74, 6) is -0.419. The van der Waals surface area contributed by atoms with Gasteiger partial charge >= 0.3 is 12.1 Å². The molecule has 2 unspecified atom stereocenters. The lowest BCUT2D eigenvalue weighted by Crippen LogP contribution is -2.33. The Labute approximate surface area is 185 Å². The molecule has 11 heteroatoms. The number of halogens is 3. The molecule has 1 aromatic heterocycles. The number of hydrogen-bond acceptors (Lipinski definition) is 7. The Bertz CT molecular complexity index is 952. The van der Waals surface area contributed by atoms with Gasteiger partial charge in [0.2, 0.25) is 19.1 Å². The summed E-state index contributed by atoms with van der Waals surface area (Å²) in [4.78, 5) is 16.9. The number of rotatable bonds is 9. The Hall–Kier alpha value is -2.19. The van der Waals surface area contributed by atoms with Gasteiger partial charge in [0.05, 0.1) is 6.61 Å². The largest absolute Gasteiger partial charge is 0.459 e. The summed E-state index contributed by atoms with van der Waals surface area (Å²) in [6, 6.07) is 6.32. The smallest absolute Gasteiger partial charge is 0.389 e. The van der Waals surface area contributed by atoms with Crippen molar-refractivity contribution in [1.29, 1.82) is 0 Å². The fourth-order valence-corrected chi connectivity index (χ4v) is 4.50. The molecule has 2 atom stereocenters. The lowest BCUT2D eigenvalue weighted by atomic mass is 10.1. The van der Waals surface area contributed by atoms with Crippen LogP contribution in [0.2, 0.25) is 0 Å². The Morgan fingerprint density at radius 3 is 2.34 bits per heavy atom. The van der Waals surface area contributed by atoms with E-state index in [1.165, 1.54) is 6.66 Å². The quantitative estimate of drug-likeness (QED) is 0.352. The van der Waals surface area contributed by atoms with Crippen LogP contribution in [0.4, 0.5) is 13.2 Å². The van der Waals surface area contributed by atoms with Crippen molar-refractivity contribution in [3.63, 3.8) is 0 Å². The van der Waals surface area contributed by atoms with Crippen LogP contribution in [0.25, 0.3) is 11.4 Å². The molecule has 0 spiro atoms. The number of hydrogen-bond donors (Lipinski definition) is 0. The summed E-state index contributed by atoms with van der Waals surface area (Å²) in [7, 11) is -3.40. The summed E-state index contributed by atoms with van der Waals surface area (Å²) >= 11 is 0. The number of benzene rings is 1. The van der Waals surface area contributed by atoms with Gasteiger partial charge < -0.3 is 13.8 Å². The molecule has 32 heavy (non-hydrogen) atoms. The maximum absolute atomic E-state index is 13.0. The number of aromatic nitrogens is 2. The zero-order chi connectivity index (χ0) is 24.2. The number of ether oxygens (including phenoxy) is 1. The van der Waals surface area contributed by atoms with Crippen molar-refractivity contribution in [3.05, 3.63) is 35.7 Å². The fraction of sp³-hybridized carbons (Fsp3) is 0.571. The zero-order valence-electron chi connectivity index (χ0n) is 18.7. The third-order valence-electron chi connectivity index (χ3n) is 4.38. The van der Waals surface area contributed by atoms with Crippen molar-refractivity contribution in [3.8, 4) is 11.4 Å². The third kappa shape index (κ3) is 8.06. The van der Waals surface area contributed by atoms with E-state index in [1.807, 2.05) is 0 Å². The first-order valence-corrected chi connectivity index (χ1v) is 12.3. The highest BCUT2D eigenvalue weighted by atomic mass is 31.2. The first kappa shape index (κ1) is 26.1. The summed E-state index contributed by atoms with van der Waals surface area (Å²) in [5.41, 5.74) is -0.840. The molecule has 0 saturated carbocycles. The number of aryl methyl sites for hydroxylation is 1. The molecule has 0 saturated heterocycles. The first-order chi connectivity index (χ1) is 14.7. The molecule has 1 heterocycles. The minimum Gasteiger partial charge on any atom is -0.459 e. The lowest BCUT2D eigenvalue weighted by molar-refractivity contribution is -0.154. The Kier molecular flexibility index (Phi) is 8.28. The van der Waals surface area contributed by atoms with E-state index in [0.717, 1.165) is 0 Å². The summed E-state index contributed by atoms with van der Waals surface area (Å²) in [6.45, 7) is 8.29. The standard InChI is InChI=1S/C21H28F3N2O5P/c1-6-29-32(5,28)16(19(27)30-20(2,3)4)13-17-25-18(26-31-17)15-9-7-14(8-10-15)11-12-21(22,23)24/h7-10,16H,6,11-13H2,1-5H3. The van der Waals surface area contributed by atoms with Crippen molar-refractivity contribution in [2.45, 2.75) is 64.4 Å². The molecule has 0 aliphatic rings. The highest BCUT2D eigenvalue weighted by Gasteiger charge is 2.40. The van der Waals surface area contributed by atoms with Crippen LogP contribution < -0.4 is 0 Å². The van der Waals surface area contributed by atoms with Crippen LogP contribution in [0.15, 0.2) is 28.8 Å². The molecule has 0 bridgehead atoms. The molecule has 0 N–H and O–H groups in total. The molecule has 2 rings (SSSR count). The van der Waals surface area contributed by atoms with E-state index in [1.54, 1.807) is 52.0 Å². The summed E-state index contributed by atoms with van der Waals surface area (Å²) < 4.78 is 66.1. The van der Waals surface area contributed by atoms with Gasteiger partial charge in [0.25, 0.3) is 0 Å². The van der Waals surface area contributed by atoms with E-state index in [9.17, 15) is 22.5 Å². The van der Waals surface area contributed by atoms with Gasteiger partial charge in [0.1, 0.15) is 11.3 Å². The van der Waals surface area contributed by atoms with Crippen molar-refractivity contribution in [2.75, 3.05) is 13.3 Å². The first-order valence-electron chi connectivity index (χ1n) is 10.1. The molecule has 0 amide bonds. The molecular weight excluding hydrogens is 448 g/mol. The minimum absolute atomic E-state index is 0.0683. The second-order valence-corrected chi connectivity index (χ2v) is 11.1. The highest BCUT2D eigenvalue weighted by molar-refractivity contribution is 7.60. The number of carbonyl (C=O) groups is 1. The van der Waals surface area contributed by atoms with E-state index in [2.05, 4.69) is 10.1 Å². The lowest BCUT2D eigenvalue weighted by Gasteiger charge is -2.26. The Balaban J connectivity index is 2.17.